The van der Waals surface area contributed by atoms with Crippen molar-refractivity contribution in [3.05, 3.63) is 61.9 Å². The third-order valence-electron chi connectivity index (χ3n) is 3.55. The molecule has 25 heavy (non-hydrogen) atoms. The van der Waals surface area contributed by atoms with Gasteiger partial charge >= 0.3 is 0 Å². The lowest BCUT2D eigenvalue weighted by Gasteiger charge is -2.06. The van der Waals surface area contributed by atoms with Gasteiger partial charge in [0.2, 0.25) is 0 Å². The first-order chi connectivity index (χ1) is 12.0. The standard InChI is InChI=1S/C16H14Br2ClN5O/c1-2-24-14(11(17)7-20-24)16(25)21-15-12(18)9-23(22-15)8-10-5-3-4-6-13(10)19/h3-7,9H,2,8H2,1H3,(H,21,22,25). The van der Waals surface area contributed by atoms with Crippen molar-refractivity contribution in [1.82, 2.24) is 19.6 Å². The van der Waals surface area contributed by atoms with E-state index in [2.05, 4.69) is 47.4 Å². The largest absolute Gasteiger partial charge is 0.303 e. The molecule has 0 saturated carbocycles. The summed E-state index contributed by atoms with van der Waals surface area (Å²) in [6, 6.07) is 7.58. The van der Waals surface area contributed by atoms with Gasteiger partial charge in [0.15, 0.2) is 5.82 Å². The number of amides is 1. The monoisotopic (exact) mass is 485 g/mol. The molecule has 0 fully saturated rings. The van der Waals surface area contributed by atoms with Crippen molar-refractivity contribution in [3.8, 4) is 0 Å². The Morgan fingerprint density at radius 3 is 2.76 bits per heavy atom. The van der Waals surface area contributed by atoms with E-state index in [1.165, 1.54) is 0 Å². The number of benzene rings is 1. The van der Waals surface area contributed by atoms with Gasteiger partial charge in [0.25, 0.3) is 5.91 Å². The highest BCUT2D eigenvalue weighted by Gasteiger charge is 2.19. The van der Waals surface area contributed by atoms with Crippen LogP contribution >= 0.6 is 43.5 Å². The smallest absolute Gasteiger partial charge is 0.276 e. The summed E-state index contributed by atoms with van der Waals surface area (Å²) in [5.74, 6) is 0.155. The molecule has 0 spiro atoms. The zero-order valence-electron chi connectivity index (χ0n) is 13.2. The van der Waals surface area contributed by atoms with E-state index in [0.29, 0.717) is 38.6 Å². The van der Waals surface area contributed by atoms with Crippen LogP contribution in [-0.2, 0) is 13.1 Å². The van der Waals surface area contributed by atoms with E-state index in [0.717, 1.165) is 5.56 Å². The van der Waals surface area contributed by atoms with Crippen LogP contribution in [-0.4, -0.2) is 25.5 Å². The van der Waals surface area contributed by atoms with Gasteiger partial charge in [-0.05, 0) is 50.4 Å². The summed E-state index contributed by atoms with van der Waals surface area (Å²) < 4.78 is 4.66. The number of halogens is 3. The predicted molar refractivity (Wildman–Crippen MR) is 104 cm³/mol. The molecule has 130 valence electrons. The molecule has 0 bridgehead atoms. The fourth-order valence-corrected chi connectivity index (χ4v) is 3.45. The number of anilines is 1. The fourth-order valence-electron chi connectivity index (χ4n) is 2.36. The van der Waals surface area contributed by atoms with Crippen LogP contribution in [0.4, 0.5) is 5.82 Å². The molecule has 3 aromatic rings. The van der Waals surface area contributed by atoms with E-state index in [9.17, 15) is 4.79 Å². The Kier molecular flexibility index (Phi) is 5.61. The minimum Gasteiger partial charge on any atom is -0.303 e. The van der Waals surface area contributed by atoms with Crippen LogP contribution < -0.4 is 5.32 Å². The lowest BCUT2D eigenvalue weighted by Crippen LogP contribution is -2.18. The second-order valence-electron chi connectivity index (χ2n) is 5.23. The first-order valence-electron chi connectivity index (χ1n) is 7.48. The number of aromatic nitrogens is 4. The van der Waals surface area contributed by atoms with Crippen molar-refractivity contribution in [2.75, 3.05) is 5.32 Å². The molecule has 1 amide bonds. The zero-order valence-corrected chi connectivity index (χ0v) is 17.1. The minimum absolute atomic E-state index is 0.282. The van der Waals surface area contributed by atoms with E-state index < -0.39 is 0 Å². The molecule has 3 rings (SSSR count). The quantitative estimate of drug-likeness (QED) is 0.573. The summed E-state index contributed by atoms with van der Waals surface area (Å²) in [5, 5.41) is 12.0. The third-order valence-corrected chi connectivity index (χ3v) is 5.08. The van der Waals surface area contributed by atoms with Gasteiger partial charge in [-0.1, -0.05) is 29.8 Å². The second-order valence-corrected chi connectivity index (χ2v) is 7.34. The Hall–Kier alpha value is -1.64. The number of aryl methyl sites for hydroxylation is 1. The average Bonchev–Trinajstić information content (AvgIpc) is 3.12. The van der Waals surface area contributed by atoms with E-state index >= 15 is 0 Å². The molecule has 0 unspecified atom stereocenters. The lowest BCUT2D eigenvalue weighted by atomic mass is 10.2. The average molecular weight is 488 g/mol. The molecule has 0 atom stereocenters. The lowest BCUT2D eigenvalue weighted by molar-refractivity contribution is 0.101. The van der Waals surface area contributed by atoms with Crippen LogP contribution in [0.15, 0.2) is 45.6 Å². The summed E-state index contributed by atoms with van der Waals surface area (Å²) >= 11 is 13.0. The van der Waals surface area contributed by atoms with Crippen LogP contribution in [0.5, 0.6) is 0 Å². The molecular formula is C16H14Br2ClN5O. The first kappa shape index (κ1) is 18.2. The van der Waals surface area contributed by atoms with Crippen LogP contribution in [0, 0.1) is 0 Å². The van der Waals surface area contributed by atoms with Crippen molar-refractivity contribution in [1.29, 1.82) is 0 Å². The maximum absolute atomic E-state index is 12.6. The SMILES string of the molecule is CCn1ncc(Br)c1C(=O)Nc1nn(Cc2ccccc2Cl)cc1Br. The number of nitrogens with zero attached hydrogens (tertiary/aromatic N) is 4. The molecule has 0 aliphatic rings. The molecule has 0 saturated heterocycles. The Morgan fingerprint density at radius 2 is 2.04 bits per heavy atom. The number of hydrogen-bond donors (Lipinski definition) is 1. The van der Waals surface area contributed by atoms with Gasteiger partial charge in [-0.2, -0.15) is 10.2 Å². The maximum Gasteiger partial charge on any atom is 0.276 e. The van der Waals surface area contributed by atoms with Crippen LogP contribution in [0.3, 0.4) is 0 Å². The van der Waals surface area contributed by atoms with Crippen molar-refractivity contribution in [3.63, 3.8) is 0 Å². The Balaban J connectivity index is 1.80. The maximum atomic E-state index is 12.6. The van der Waals surface area contributed by atoms with Crippen LogP contribution in [0.2, 0.25) is 5.02 Å². The topological polar surface area (TPSA) is 64.7 Å². The zero-order chi connectivity index (χ0) is 18.0. The summed E-state index contributed by atoms with van der Waals surface area (Å²) in [6.07, 6.45) is 3.40. The number of rotatable bonds is 5. The highest BCUT2D eigenvalue weighted by Crippen LogP contribution is 2.24. The van der Waals surface area contributed by atoms with Crippen LogP contribution in [0.25, 0.3) is 0 Å². The molecule has 1 N–H and O–H groups in total. The highest BCUT2D eigenvalue weighted by molar-refractivity contribution is 9.11. The second kappa shape index (κ2) is 7.72. The summed E-state index contributed by atoms with van der Waals surface area (Å²) in [6.45, 7) is 3.02. The molecular weight excluding hydrogens is 473 g/mol. The highest BCUT2D eigenvalue weighted by atomic mass is 79.9. The minimum atomic E-state index is -0.282. The molecule has 9 heteroatoms. The van der Waals surface area contributed by atoms with Crippen molar-refractivity contribution in [2.45, 2.75) is 20.0 Å². The van der Waals surface area contributed by atoms with Gasteiger partial charge in [-0.15, -0.1) is 0 Å². The van der Waals surface area contributed by atoms with E-state index in [1.807, 2.05) is 31.2 Å². The number of carbonyl (C=O) groups excluding carboxylic acids is 1. The van der Waals surface area contributed by atoms with Gasteiger partial charge in [0.05, 0.1) is 21.7 Å². The first-order valence-corrected chi connectivity index (χ1v) is 9.45. The van der Waals surface area contributed by atoms with Crippen molar-refractivity contribution < 1.29 is 4.79 Å². The van der Waals surface area contributed by atoms with Crippen LogP contribution in [0.1, 0.15) is 23.0 Å². The third kappa shape index (κ3) is 3.96. The van der Waals surface area contributed by atoms with Crippen molar-refractivity contribution >= 4 is 55.2 Å². The molecule has 0 aliphatic carbocycles. The van der Waals surface area contributed by atoms with Gasteiger partial charge < -0.3 is 5.32 Å². The molecule has 0 radical (unpaired) electrons. The summed E-state index contributed by atoms with van der Waals surface area (Å²) in [7, 11) is 0. The van der Waals surface area contributed by atoms with Gasteiger partial charge in [0.1, 0.15) is 5.69 Å². The summed E-state index contributed by atoms with van der Waals surface area (Å²) in [4.78, 5) is 12.6. The van der Waals surface area contributed by atoms with E-state index in [4.69, 9.17) is 11.6 Å². The van der Waals surface area contributed by atoms with Crippen molar-refractivity contribution in [2.24, 2.45) is 0 Å². The van der Waals surface area contributed by atoms with E-state index in [1.54, 1.807) is 21.8 Å². The van der Waals surface area contributed by atoms with Gasteiger partial charge in [-0.25, -0.2) is 0 Å². The molecule has 2 heterocycles. The van der Waals surface area contributed by atoms with Gasteiger partial charge in [-0.3, -0.25) is 14.2 Å². The number of carbonyl (C=O) groups is 1. The Labute approximate surface area is 166 Å². The number of hydrogen-bond acceptors (Lipinski definition) is 3. The molecule has 6 nitrogen and oxygen atoms in total. The predicted octanol–water partition coefficient (Wildman–Crippen LogP) is 4.58. The summed E-state index contributed by atoms with van der Waals surface area (Å²) in [5.41, 5.74) is 1.40. The normalized spacial score (nSPS) is 10.9. The van der Waals surface area contributed by atoms with Gasteiger partial charge in [0, 0.05) is 17.8 Å². The Bertz CT molecular complexity index is 921. The number of nitrogens with one attached hydrogen (secondary N) is 1. The Morgan fingerprint density at radius 1 is 1.28 bits per heavy atom. The fraction of sp³-hybridized carbons (Fsp3) is 0.188. The molecule has 1 aromatic carbocycles. The molecule has 2 aromatic heterocycles. The van der Waals surface area contributed by atoms with E-state index in [-0.39, 0.29) is 5.91 Å². The molecule has 0 aliphatic heterocycles.